The Kier molecular flexibility index (Phi) is 9.31. The molecule has 0 aromatic heterocycles. The summed E-state index contributed by atoms with van der Waals surface area (Å²) in [6.45, 7) is 5.16. The molecule has 1 aliphatic carbocycles. The maximum Gasteiger partial charge on any atom is 0.308 e. The van der Waals surface area contributed by atoms with E-state index in [1.54, 1.807) is 45.0 Å². The number of hydrogen-bond acceptors (Lipinski definition) is 6. The predicted octanol–water partition coefficient (Wildman–Crippen LogP) is 6.88. The fraction of sp³-hybridized carbons (Fsp3) is 0.387. The molecular weight excluding hydrogens is 522 g/mol. The fourth-order valence-corrected chi connectivity index (χ4v) is 5.15. The van der Waals surface area contributed by atoms with Crippen molar-refractivity contribution < 1.29 is 33.3 Å². The summed E-state index contributed by atoms with van der Waals surface area (Å²) in [5.74, 6) is -0.290. The number of hydrogen-bond donors (Lipinski definition) is 2. The second-order valence-electron chi connectivity index (χ2n) is 10.9. The number of halogens is 2. The van der Waals surface area contributed by atoms with Crippen LogP contribution in [0.5, 0.6) is 5.75 Å². The summed E-state index contributed by atoms with van der Waals surface area (Å²) < 4.78 is 38.6. The van der Waals surface area contributed by atoms with Gasteiger partial charge < -0.3 is 19.7 Å². The minimum absolute atomic E-state index is 0.0532. The van der Waals surface area contributed by atoms with E-state index in [0.717, 1.165) is 39.3 Å². The Labute approximate surface area is 232 Å². The molecule has 2 N–H and O–H groups in total. The summed E-state index contributed by atoms with van der Waals surface area (Å²) in [5, 5.41) is 20.9. The molecule has 0 saturated heterocycles. The molecule has 0 amide bonds. The van der Waals surface area contributed by atoms with Crippen molar-refractivity contribution in [2.45, 2.75) is 80.0 Å². The summed E-state index contributed by atoms with van der Waals surface area (Å²) in [6.07, 6.45) is -0.376. The first-order valence-electron chi connectivity index (χ1n) is 13.0. The van der Waals surface area contributed by atoms with Gasteiger partial charge in [-0.3, -0.25) is 4.79 Å². The quantitative estimate of drug-likeness (QED) is 0.251. The highest BCUT2D eigenvalue weighted by Crippen LogP contribution is 2.50. The zero-order valence-corrected chi connectivity index (χ0v) is 23.1. The van der Waals surface area contributed by atoms with Crippen LogP contribution in [-0.2, 0) is 9.53 Å². The first-order chi connectivity index (χ1) is 18.5. The molecule has 208 valence electrons. The molecule has 0 bridgehead atoms. The number of aliphatic hydroxyl groups is 2. The number of esters is 1. The number of carbonyl (C=O) groups excluding carboxylic acids is 1. The van der Waals surface area contributed by atoms with Gasteiger partial charge in [-0.1, -0.05) is 23.9 Å². The Morgan fingerprint density at radius 1 is 0.949 bits per heavy atom. The molecule has 1 saturated carbocycles. The average Bonchev–Trinajstić information content (AvgIpc) is 3.69. The van der Waals surface area contributed by atoms with Gasteiger partial charge in [0.2, 0.25) is 0 Å². The van der Waals surface area contributed by atoms with E-state index in [1.165, 1.54) is 36.0 Å². The van der Waals surface area contributed by atoms with Gasteiger partial charge in [0, 0.05) is 21.8 Å². The van der Waals surface area contributed by atoms with Gasteiger partial charge in [0.15, 0.2) is 0 Å². The van der Waals surface area contributed by atoms with Crippen LogP contribution in [0.3, 0.4) is 0 Å². The Balaban J connectivity index is 1.55. The van der Waals surface area contributed by atoms with E-state index in [4.69, 9.17) is 9.47 Å². The molecule has 39 heavy (non-hydrogen) atoms. The third-order valence-corrected chi connectivity index (χ3v) is 7.08. The summed E-state index contributed by atoms with van der Waals surface area (Å²) in [7, 11) is 0. The number of aliphatic hydroxyl groups excluding tert-OH is 2. The average molecular weight is 557 g/mol. The van der Waals surface area contributed by atoms with Gasteiger partial charge in [-0.25, -0.2) is 8.78 Å². The van der Waals surface area contributed by atoms with Crippen molar-refractivity contribution in [1.29, 1.82) is 0 Å². The molecule has 1 fully saturated rings. The van der Waals surface area contributed by atoms with Crippen molar-refractivity contribution in [3.05, 3.63) is 77.9 Å². The van der Waals surface area contributed by atoms with Gasteiger partial charge >= 0.3 is 5.97 Å². The standard InChI is InChI=1S/C31H34F2O5S/c1-31(2,3)38-29(36)15-23(34)14-24(35)18-37-30-27(19-4-5-19)16-26(39-25-12-10-22(33)11-13-25)17-28(30)20-6-8-21(32)9-7-20/h6-13,16-17,19,23-24,34-35H,4-5,14-15,18H2,1-3H3/t23-,24+/m1/s1. The molecule has 2 atom stereocenters. The second-order valence-corrected chi connectivity index (χ2v) is 12.0. The number of rotatable bonds is 11. The van der Waals surface area contributed by atoms with Crippen LogP contribution in [0.1, 0.15) is 57.9 Å². The monoisotopic (exact) mass is 556 g/mol. The van der Waals surface area contributed by atoms with Crippen LogP contribution in [-0.4, -0.2) is 40.6 Å². The third kappa shape index (κ3) is 8.78. The van der Waals surface area contributed by atoms with E-state index >= 15 is 0 Å². The SMILES string of the molecule is CC(C)(C)OC(=O)C[C@H](O)C[C@H](O)COc1c(-c2ccc(F)cc2)cc(Sc2ccc(F)cc2)cc1C1CC1. The van der Waals surface area contributed by atoms with Crippen LogP contribution in [0.25, 0.3) is 11.1 Å². The maximum atomic E-state index is 13.7. The third-order valence-electron chi connectivity index (χ3n) is 6.10. The summed E-state index contributed by atoms with van der Waals surface area (Å²) in [4.78, 5) is 13.8. The van der Waals surface area contributed by atoms with Crippen molar-refractivity contribution >= 4 is 17.7 Å². The van der Waals surface area contributed by atoms with Crippen molar-refractivity contribution in [2.24, 2.45) is 0 Å². The van der Waals surface area contributed by atoms with E-state index < -0.39 is 23.8 Å². The molecule has 3 aromatic carbocycles. The van der Waals surface area contributed by atoms with E-state index in [0.29, 0.717) is 11.7 Å². The van der Waals surface area contributed by atoms with E-state index in [2.05, 4.69) is 6.07 Å². The van der Waals surface area contributed by atoms with E-state index in [1.807, 2.05) is 6.07 Å². The van der Waals surface area contributed by atoms with Crippen molar-refractivity contribution in [1.82, 2.24) is 0 Å². The zero-order chi connectivity index (χ0) is 28.2. The first-order valence-corrected chi connectivity index (χ1v) is 13.9. The number of benzene rings is 3. The highest BCUT2D eigenvalue weighted by Gasteiger charge is 2.30. The minimum atomic E-state index is -1.08. The fourth-order valence-electron chi connectivity index (χ4n) is 4.24. The van der Waals surface area contributed by atoms with E-state index in [9.17, 15) is 23.8 Å². The summed E-state index contributed by atoms with van der Waals surface area (Å²) >= 11 is 1.50. The molecule has 0 spiro atoms. The lowest BCUT2D eigenvalue weighted by Gasteiger charge is -2.22. The van der Waals surface area contributed by atoms with Gasteiger partial charge in [-0.2, -0.15) is 0 Å². The Morgan fingerprint density at radius 3 is 2.15 bits per heavy atom. The highest BCUT2D eigenvalue weighted by molar-refractivity contribution is 7.99. The van der Waals surface area contributed by atoms with Crippen LogP contribution in [0, 0.1) is 11.6 Å². The predicted molar refractivity (Wildman–Crippen MR) is 147 cm³/mol. The lowest BCUT2D eigenvalue weighted by atomic mass is 9.99. The van der Waals surface area contributed by atoms with E-state index in [-0.39, 0.29) is 31.1 Å². The van der Waals surface area contributed by atoms with Crippen LogP contribution in [0.4, 0.5) is 8.78 Å². The van der Waals surface area contributed by atoms with Gasteiger partial charge in [0.25, 0.3) is 0 Å². The number of carbonyl (C=O) groups is 1. The summed E-state index contributed by atoms with van der Waals surface area (Å²) in [6, 6.07) is 16.4. The largest absolute Gasteiger partial charge is 0.490 e. The summed E-state index contributed by atoms with van der Waals surface area (Å²) in [5.41, 5.74) is 1.85. The van der Waals surface area contributed by atoms with Gasteiger partial charge in [-0.05, 0) is 99.2 Å². The molecule has 3 aromatic rings. The number of ether oxygens (including phenoxy) is 2. The van der Waals surface area contributed by atoms with Crippen molar-refractivity contribution in [3.63, 3.8) is 0 Å². The smallest absolute Gasteiger partial charge is 0.308 e. The molecule has 1 aliphatic rings. The van der Waals surface area contributed by atoms with Crippen LogP contribution >= 0.6 is 11.8 Å². The van der Waals surface area contributed by atoms with Crippen molar-refractivity contribution in [2.75, 3.05) is 6.61 Å². The first kappa shape index (κ1) is 29.1. The van der Waals surface area contributed by atoms with Gasteiger partial charge in [0.1, 0.15) is 29.6 Å². The molecule has 0 heterocycles. The van der Waals surface area contributed by atoms with Crippen LogP contribution in [0.2, 0.25) is 0 Å². The Morgan fingerprint density at radius 2 is 1.56 bits per heavy atom. The molecule has 4 rings (SSSR count). The van der Waals surface area contributed by atoms with Gasteiger partial charge in [-0.15, -0.1) is 0 Å². The highest BCUT2D eigenvalue weighted by atomic mass is 32.2. The van der Waals surface area contributed by atoms with Gasteiger partial charge in [0.05, 0.1) is 18.6 Å². The maximum absolute atomic E-state index is 13.7. The topological polar surface area (TPSA) is 76.0 Å². The van der Waals surface area contributed by atoms with Crippen LogP contribution < -0.4 is 4.74 Å². The molecular formula is C31H34F2O5S. The minimum Gasteiger partial charge on any atom is -0.490 e. The second kappa shape index (κ2) is 12.5. The zero-order valence-electron chi connectivity index (χ0n) is 22.3. The molecule has 0 radical (unpaired) electrons. The lowest BCUT2D eigenvalue weighted by Crippen LogP contribution is -2.29. The molecule has 0 unspecified atom stereocenters. The van der Waals surface area contributed by atoms with Crippen molar-refractivity contribution in [3.8, 4) is 16.9 Å². The Hall–Kier alpha value is -2.94. The normalized spacial score (nSPS) is 15.1. The molecule has 8 heteroatoms. The Bertz CT molecular complexity index is 1270. The lowest BCUT2D eigenvalue weighted by molar-refractivity contribution is -0.157. The van der Waals surface area contributed by atoms with Crippen LogP contribution in [0.15, 0.2) is 70.5 Å². The molecule has 0 aliphatic heterocycles. The molecule has 5 nitrogen and oxygen atoms in total.